The molecule has 0 saturated carbocycles. The topological polar surface area (TPSA) is 106 Å². The van der Waals surface area contributed by atoms with E-state index in [9.17, 15) is 18.5 Å². The second kappa shape index (κ2) is 8.91. The number of ether oxygens (including phenoxy) is 1. The highest BCUT2D eigenvalue weighted by atomic mass is 32.2. The number of non-ortho nitro benzene ring substituents is 1. The number of sulfonamides is 1. The Morgan fingerprint density at radius 1 is 1.05 bits per heavy atom. The first kappa shape index (κ1) is 23.5. The van der Waals surface area contributed by atoms with Crippen molar-refractivity contribution in [3.05, 3.63) is 106 Å². The molecular weight excluding hydrogens is 492 g/mol. The summed E-state index contributed by atoms with van der Waals surface area (Å²) < 4.78 is 35.7. The van der Waals surface area contributed by atoms with Crippen LogP contribution in [0, 0.1) is 10.1 Å². The number of rotatable bonds is 5. The minimum Gasteiger partial charge on any atom is -0.494 e. The summed E-state index contributed by atoms with van der Waals surface area (Å²) in [7, 11) is -2.54. The predicted octanol–water partition coefficient (Wildman–Crippen LogP) is 4.45. The molecule has 6 rings (SSSR count). The molecule has 0 amide bonds. The minimum atomic E-state index is -4.06. The molecular formula is C27H24N4O5S. The number of methoxy groups -OCH3 is 1. The number of nitro groups is 1. The van der Waals surface area contributed by atoms with Gasteiger partial charge in [-0.25, -0.2) is 8.42 Å². The maximum absolute atomic E-state index is 14.4. The molecule has 0 aliphatic carbocycles. The summed E-state index contributed by atoms with van der Waals surface area (Å²) >= 11 is 0. The Morgan fingerprint density at radius 3 is 2.70 bits per heavy atom. The van der Waals surface area contributed by atoms with E-state index in [-0.39, 0.29) is 23.2 Å². The fraction of sp³-hybridized carbons (Fsp3) is 0.222. The highest BCUT2D eigenvalue weighted by Gasteiger charge is 2.49. The molecule has 3 aromatic carbocycles. The third-order valence-electron chi connectivity index (χ3n) is 7.27. The molecule has 0 bridgehead atoms. The molecule has 0 spiro atoms. The zero-order chi connectivity index (χ0) is 25.7. The number of pyridine rings is 1. The van der Waals surface area contributed by atoms with Crippen LogP contribution in [0.5, 0.6) is 5.75 Å². The standard InChI is InChI=1S/C27H24N4O5S/c1-36-24-11-12-25(22-10-5-14-28-26(22)24)37(34,35)30-17-23-21-9-3-2-6-18(21)13-15-29(23)27(30)19-7-4-8-20(16-19)31(32)33/h2-12,14,16,23,27H,13,15,17H2,1H3/t23-,27+/m0/s1. The van der Waals surface area contributed by atoms with Crippen LogP contribution in [0.25, 0.3) is 10.9 Å². The van der Waals surface area contributed by atoms with Gasteiger partial charge >= 0.3 is 0 Å². The van der Waals surface area contributed by atoms with Crippen molar-refractivity contribution in [3.63, 3.8) is 0 Å². The second-order valence-corrected chi connectivity index (χ2v) is 11.0. The fourth-order valence-electron chi connectivity index (χ4n) is 5.63. The van der Waals surface area contributed by atoms with E-state index >= 15 is 0 Å². The van der Waals surface area contributed by atoms with Gasteiger partial charge in [-0.05, 0) is 47.4 Å². The Kier molecular flexibility index (Phi) is 5.67. The summed E-state index contributed by atoms with van der Waals surface area (Å²) in [6, 6.07) is 20.7. The Labute approximate surface area is 214 Å². The van der Waals surface area contributed by atoms with Gasteiger partial charge in [0.15, 0.2) is 0 Å². The van der Waals surface area contributed by atoms with E-state index in [0.717, 1.165) is 12.0 Å². The quantitative estimate of drug-likeness (QED) is 0.285. The molecule has 0 unspecified atom stereocenters. The average Bonchev–Trinajstić information content (AvgIpc) is 3.33. The maximum Gasteiger partial charge on any atom is 0.269 e. The smallest absolute Gasteiger partial charge is 0.269 e. The first-order chi connectivity index (χ1) is 17.9. The summed E-state index contributed by atoms with van der Waals surface area (Å²) in [5.74, 6) is 0.484. The summed E-state index contributed by atoms with van der Waals surface area (Å²) in [6.45, 7) is 0.854. The molecule has 9 nitrogen and oxygen atoms in total. The Hall–Kier alpha value is -3.86. The molecule has 188 valence electrons. The molecule has 37 heavy (non-hydrogen) atoms. The summed E-state index contributed by atoms with van der Waals surface area (Å²) in [6.07, 6.45) is 1.67. The fourth-order valence-corrected chi connectivity index (χ4v) is 7.40. The minimum absolute atomic E-state index is 0.0743. The van der Waals surface area contributed by atoms with Crippen LogP contribution in [0.4, 0.5) is 5.69 Å². The maximum atomic E-state index is 14.4. The van der Waals surface area contributed by atoms with E-state index < -0.39 is 21.1 Å². The van der Waals surface area contributed by atoms with Crippen LogP contribution in [-0.2, 0) is 16.4 Å². The molecule has 1 fully saturated rings. The number of hydrogen-bond acceptors (Lipinski definition) is 7. The first-order valence-electron chi connectivity index (χ1n) is 11.9. The van der Waals surface area contributed by atoms with Crippen molar-refractivity contribution < 1.29 is 18.1 Å². The lowest BCUT2D eigenvalue weighted by Crippen LogP contribution is -2.37. The number of nitrogens with zero attached hydrogens (tertiary/aromatic N) is 4. The van der Waals surface area contributed by atoms with Gasteiger partial charge in [-0.3, -0.25) is 20.0 Å². The lowest BCUT2D eigenvalue weighted by Gasteiger charge is -2.35. The normalized spacial score (nSPS) is 19.9. The van der Waals surface area contributed by atoms with Crippen molar-refractivity contribution in [2.45, 2.75) is 23.5 Å². The third-order valence-corrected chi connectivity index (χ3v) is 9.15. The lowest BCUT2D eigenvalue weighted by atomic mass is 9.93. The Bertz CT molecular complexity index is 1640. The van der Waals surface area contributed by atoms with E-state index in [1.54, 1.807) is 42.6 Å². The molecule has 3 heterocycles. The van der Waals surface area contributed by atoms with Gasteiger partial charge in [0, 0.05) is 36.8 Å². The predicted molar refractivity (Wildman–Crippen MR) is 138 cm³/mol. The SMILES string of the molecule is COc1ccc(S(=O)(=O)N2C[C@H]3c4ccccc4CCN3[C@H]2c2cccc([N+](=O)[O-])c2)c2cccnc12. The molecule has 2 aliphatic rings. The van der Waals surface area contributed by atoms with Crippen molar-refractivity contribution >= 4 is 26.6 Å². The van der Waals surface area contributed by atoms with Gasteiger partial charge in [0.2, 0.25) is 10.0 Å². The number of nitro benzene ring substituents is 1. The number of hydrogen-bond donors (Lipinski definition) is 0. The van der Waals surface area contributed by atoms with E-state index in [2.05, 4.69) is 16.0 Å². The van der Waals surface area contributed by atoms with Gasteiger partial charge in [-0.15, -0.1) is 0 Å². The molecule has 1 saturated heterocycles. The zero-order valence-electron chi connectivity index (χ0n) is 20.0. The van der Waals surface area contributed by atoms with E-state index in [1.165, 1.54) is 29.1 Å². The third kappa shape index (κ3) is 3.76. The van der Waals surface area contributed by atoms with E-state index in [0.29, 0.717) is 28.8 Å². The largest absolute Gasteiger partial charge is 0.494 e. The summed E-state index contributed by atoms with van der Waals surface area (Å²) in [5, 5.41) is 12.0. The summed E-state index contributed by atoms with van der Waals surface area (Å²) in [5.41, 5.74) is 3.23. The highest BCUT2D eigenvalue weighted by Crippen LogP contribution is 2.47. The molecule has 0 radical (unpaired) electrons. The van der Waals surface area contributed by atoms with Crippen LogP contribution in [0.2, 0.25) is 0 Å². The highest BCUT2D eigenvalue weighted by molar-refractivity contribution is 7.89. The van der Waals surface area contributed by atoms with Gasteiger partial charge in [-0.1, -0.05) is 36.4 Å². The zero-order valence-corrected chi connectivity index (χ0v) is 20.8. The summed E-state index contributed by atoms with van der Waals surface area (Å²) in [4.78, 5) is 17.7. The van der Waals surface area contributed by atoms with Gasteiger partial charge in [-0.2, -0.15) is 4.31 Å². The molecule has 2 aliphatic heterocycles. The van der Waals surface area contributed by atoms with Crippen LogP contribution >= 0.6 is 0 Å². The van der Waals surface area contributed by atoms with Gasteiger partial charge in [0.25, 0.3) is 5.69 Å². The van der Waals surface area contributed by atoms with Crippen LogP contribution in [0.15, 0.2) is 83.9 Å². The van der Waals surface area contributed by atoms with Crippen LogP contribution in [-0.4, -0.2) is 47.7 Å². The second-order valence-electron chi connectivity index (χ2n) is 9.17. The van der Waals surface area contributed by atoms with Gasteiger partial charge in [0.05, 0.1) is 23.0 Å². The van der Waals surface area contributed by atoms with Crippen LogP contribution in [0.1, 0.15) is 28.9 Å². The Morgan fingerprint density at radius 2 is 1.89 bits per heavy atom. The molecule has 1 aromatic heterocycles. The van der Waals surface area contributed by atoms with Crippen LogP contribution in [0.3, 0.4) is 0 Å². The number of aromatic nitrogens is 1. The van der Waals surface area contributed by atoms with Crippen LogP contribution < -0.4 is 4.74 Å². The van der Waals surface area contributed by atoms with Crippen molar-refractivity contribution in [2.75, 3.05) is 20.2 Å². The Balaban J connectivity index is 1.54. The van der Waals surface area contributed by atoms with Gasteiger partial charge in [0.1, 0.15) is 17.4 Å². The van der Waals surface area contributed by atoms with Crippen molar-refractivity contribution in [2.24, 2.45) is 0 Å². The first-order valence-corrected chi connectivity index (χ1v) is 13.4. The molecule has 2 atom stereocenters. The van der Waals surface area contributed by atoms with E-state index in [4.69, 9.17) is 4.74 Å². The average molecular weight is 517 g/mol. The molecule has 0 N–H and O–H groups in total. The number of fused-ring (bicyclic) bond motifs is 4. The van der Waals surface area contributed by atoms with Crippen molar-refractivity contribution in [3.8, 4) is 5.75 Å². The van der Waals surface area contributed by atoms with Crippen molar-refractivity contribution in [1.29, 1.82) is 0 Å². The van der Waals surface area contributed by atoms with Gasteiger partial charge < -0.3 is 4.74 Å². The monoisotopic (exact) mass is 516 g/mol. The van der Waals surface area contributed by atoms with Crippen molar-refractivity contribution in [1.82, 2.24) is 14.2 Å². The van der Waals surface area contributed by atoms with E-state index in [1.807, 2.05) is 18.2 Å². The molecule has 4 aromatic rings. The number of benzene rings is 3. The molecule has 10 heteroatoms. The lowest BCUT2D eigenvalue weighted by molar-refractivity contribution is -0.385.